The maximum absolute atomic E-state index is 13.4. The first-order chi connectivity index (χ1) is 17.9. The van der Waals surface area contributed by atoms with E-state index in [4.69, 9.17) is 9.47 Å². The Morgan fingerprint density at radius 2 is 1.92 bits per heavy atom. The molecule has 0 aliphatic carbocycles. The molecule has 1 saturated heterocycles. The van der Waals surface area contributed by atoms with Gasteiger partial charge in [0.2, 0.25) is 0 Å². The number of pyridine rings is 1. The number of rotatable bonds is 8. The third-order valence-corrected chi connectivity index (χ3v) is 7.09. The van der Waals surface area contributed by atoms with E-state index in [1.165, 1.54) is 24.8 Å². The normalized spacial score (nSPS) is 17.7. The van der Waals surface area contributed by atoms with Crippen LogP contribution in [-0.4, -0.2) is 49.7 Å². The summed E-state index contributed by atoms with van der Waals surface area (Å²) in [6, 6.07) is 11.3. The molecule has 0 unspecified atom stereocenters. The fourth-order valence-electron chi connectivity index (χ4n) is 5.17. The lowest BCUT2D eigenvalue weighted by Crippen LogP contribution is -2.41. The fourth-order valence-corrected chi connectivity index (χ4v) is 5.17. The van der Waals surface area contributed by atoms with Crippen molar-refractivity contribution in [1.82, 2.24) is 9.88 Å². The largest absolute Gasteiger partial charge is 0.497 e. The van der Waals surface area contributed by atoms with Crippen LogP contribution in [0.3, 0.4) is 0 Å². The molecule has 1 aromatic heterocycles. The molecule has 4 rings (SSSR count). The maximum Gasteiger partial charge on any atom is 0.305 e. The molecule has 194 valence electrons. The molecule has 5 nitrogen and oxygen atoms in total. The van der Waals surface area contributed by atoms with E-state index in [9.17, 15) is 13.6 Å². The summed E-state index contributed by atoms with van der Waals surface area (Å²) >= 11 is 0. The third kappa shape index (κ3) is 7.27. The number of methoxy groups -OCH3 is 2. The first kappa shape index (κ1) is 26.6. The summed E-state index contributed by atoms with van der Waals surface area (Å²) in [7, 11) is 3.09. The maximum atomic E-state index is 13.4. The molecule has 1 aliphatic rings. The SMILES string of the molecule is COC(=O)C[C@H]1CN(CC#Cc2cc(F)cc(F)c2)CC[C@H]1CCCc1ccnc2ccc(OC)cc12. The molecule has 3 aromatic rings. The predicted molar refractivity (Wildman–Crippen MR) is 139 cm³/mol. The summed E-state index contributed by atoms with van der Waals surface area (Å²) < 4.78 is 37.2. The highest BCUT2D eigenvalue weighted by atomic mass is 19.1. The third-order valence-electron chi connectivity index (χ3n) is 7.09. The van der Waals surface area contributed by atoms with Crippen LogP contribution in [0.5, 0.6) is 5.75 Å². The highest BCUT2D eigenvalue weighted by Gasteiger charge is 2.30. The number of fused-ring (bicyclic) bond motifs is 1. The lowest BCUT2D eigenvalue weighted by atomic mass is 9.80. The lowest BCUT2D eigenvalue weighted by molar-refractivity contribution is -0.142. The molecule has 1 fully saturated rings. The molecular formula is C30H32F2N2O3. The van der Waals surface area contributed by atoms with Crippen LogP contribution in [0.2, 0.25) is 0 Å². The van der Waals surface area contributed by atoms with Gasteiger partial charge in [-0.05, 0) is 86.0 Å². The van der Waals surface area contributed by atoms with Crippen molar-refractivity contribution in [2.24, 2.45) is 11.8 Å². The number of ether oxygens (including phenoxy) is 2. The van der Waals surface area contributed by atoms with E-state index in [0.717, 1.165) is 61.5 Å². The van der Waals surface area contributed by atoms with Gasteiger partial charge in [0.1, 0.15) is 17.4 Å². The van der Waals surface area contributed by atoms with Crippen LogP contribution in [0.1, 0.15) is 36.8 Å². The van der Waals surface area contributed by atoms with Gasteiger partial charge in [0, 0.05) is 36.2 Å². The topological polar surface area (TPSA) is 51.7 Å². The van der Waals surface area contributed by atoms with Gasteiger partial charge in [0.05, 0.1) is 26.3 Å². The molecule has 37 heavy (non-hydrogen) atoms. The van der Waals surface area contributed by atoms with Crippen molar-refractivity contribution < 1.29 is 23.0 Å². The molecule has 0 radical (unpaired) electrons. The zero-order valence-electron chi connectivity index (χ0n) is 21.3. The second-order valence-electron chi connectivity index (χ2n) is 9.53. The molecule has 1 aliphatic heterocycles. The minimum atomic E-state index is -0.637. The average Bonchev–Trinajstić information content (AvgIpc) is 2.89. The van der Waals surface area contributed by atoms with Crippen molar-refractivity contribution in [3.05, 3.63) is 71.4 Å². The summed E-state index contributed by atoms with van der Waals surface area (Å²) in [4.78, 5) is 18.8. The number of aryl methyl sites for hydroxylation is 1. The molecule has 2 atom stereocenters. The molecule has 2 heterocycles. The molecule has 7 heteroatoms. The van der Waals surface area contributed by atoms with Gasteiger partial charge in [-0.3, -0.25) is 14.7 Å². The summed E-state index contributed by atoms with van der Waals surface area (Å²) in [6.45, 7) is 2.08. The predicted octanol–water partition coefficient (Wildman–Crippen LogP) is 5.40. The van der Waals surface area contributed by atoms with Gasteiger partial charge in [0.25, 0.3) is 0 Å². The van der Waals surface area contributed by atoms with E-state index >= 15 is 0 Å². The van der Waals surface area contributed by atoms with Gasteiger partial charge < -0.3 is 9.47 Å². The number of esters is 1. The Bertz CT molecular complexity index is 1280. The number of hydrogen-bond donors (Lipinski definition) is 0. The highest BCUT2D eigenvalue weighted by Crippen LogP contribution is 2.32. The van der Waals surface area contributed by atoms with Gasteiger partial charge in [-0.15, -0.1) is 0 Å². The number of halogens is 2. The van der Waals surface area contributed by atoms with Gasteiger partial charge in [-0.1, -0.05) is 11.8 Å². The Morgan fingerprint density at radius 3 is 2.68 bits per heavy atom. The Balaban J connectivity index is 1.37. The number of carbonyl (C=O) groups excluding carboxylic acids is 1. The van der Waals surface area contributed by atoms with Gasteiger partial charge in [-0.25, -0.2) is 8.78 Å². The number of carbonyl (C=O) groups is 1. The summed E-state index contributed by atoms with van der Waals surface area (Å²) in [5.74, 6) is 5.80. The van der Waals surface area contributed by atoms with Crippen LogP contribution in [0.25, 0.3) is 10.9 Å². The Hall–Kier alpha value is -3.50. The van der Waals surface area contributed by atoms with Crippen LogP contribution >= 0.6 is 0 Å². The highest BCUT2D eigenvalue weighted by molar-refractivity contribution is 5.83. The van der Waals surface area contributed by atoms with Crippen LogP contribution < -0.4 is 4.74 Å². The van der Waals surface area contributed by atoms with Crippen LogP contribution in [-0.2, 0) is 16.0 Å². The number of piperidine rings is 1. The minimum Gasteiger partial charge on any atom is -0.497 e. The summed E-state index contributed by atoms with van der Waals surface area (Å²) in [6.07, 6.45) is 6.12. The van der Waals surface area contributed by atoms with E-state index in [1.807, 2.05) is 24.4 Å². The second kappa shape index (κ2) is 12.6. The van der Waals surface area contributed by atoms with Crippen LogP contribution in [0.15, 0.2) is 48.7 Å². The second-order valence-corrected chi connectivity index (χ2v) is 9.53. The Labute approximate surface area is 216 Å². The monoisotopic (exact) mass is 506 g/mol. The zero-order chi connectivity index (χ0) is 26.2. The number of hydrogen-bond acceptors (Lipinski definition) is 5. The molecule has 0 amide bonds. The van der Waals surface area contributed by atoms with Crippen LogP contribution in [0, 0.1) is 35.3 Å². The summed E-state index contributed by atoms with van der Waals surface area (Å²) in [5.41, 5.74) is 2.52. The standard InChI is InChI=1S/C30H32F2N2O3/c1-36-27-8-9-29-28(19-27)23(10-12-33-29)7-3-6-22-11-14-34(20-24(22)17-30(35)37-2)13-4-5-21-15-25(31)18-26(32)16-21/h8-10,12,15-16,18-19,22,24H,3,6-7,11,13-14,17,20H2,1-2H3/t22-,24+/m1/s1. The van der Waals surface area contributed by atoms with E-state index in [1.54, 1.807) is 7.11 Å². The van der Waals surface area contributed by atoms with E-state index < -0.39 is 11.6 Å². The minimum absolute atomic E-state index is 0.170. The molecule has 0 N–H and O–H groups in total. The quantitative estimate of drug-likeness (QED) is 0.303. The van der Waals surface area contributed by atoms with E-state index in [-0.39, 0.29) is 11.9 Å². The van der Waals surface area contributed by atoms with Crippen LogP contribution in [0.4, 0.5) is 8.78 Å². The molecule has 0 saturated carbocycles. The van der Waals surface area contributed by atoms with E-state index in [2.05, 4.69) is 27.8 Å². The molecule has 2 aromatic carbocycles. The number of aromatic nitrogens is 1. The van der Waals surface area contributed by atoms with Gasteiger partial charge in [-0.2, -0.15) is 0 Å². The van der Waals surface area contributed by atoms with Crippen molar-refractivity contribution >= 4 is 16.9 Å². The first-order valence-corrected chi connectivity index (χ1v) is 12.6. The molecule has 0 spiro atoms. The first-order valence-electron chi connectivity index (χ1n) is 12.6. The van der Waals surface area contributed by atoms with Crippen molar-refractivity contribution in [3.8, 4) is 17.6 Å². The zero-order valence-corrected chi connectivity index (χ0v) is 21.3. The molecular weight excluding hydrogens is 474 g/mol. The number of likely N-dealkylation sites (tertiary alicyclic amines) is 1. The summed E-state index contributed by atoms with van der Waals surface area (Å²) in [5, 5.41) is 1.11. The van der Waals surface area contributed by atoms with Crippen molar-refractivity contribution in [2.45, 2.75) is 32.1 Å². The van der Waals surface area contributed by atoms with E-state index in [0.29, 0.717) is 24.4 Å². The van der Waals surface area contributed by atoms with Crippen molar-refractivity contribution in [3.63, 3.8) is 0 Å². The average molecular weight is 507 g/mol. The lowest BCUT2D eigenvalue weighted by Gasteiger charge is -2.37. The number of benzene rings is 2. The smallest absolute Gasteiger partial charge is 0.305 e. The van der Waals surface area contributed by atoms with Gasteiger partial charge >= 0.3 is 5.97 Å². The van der Waals surface area contributed by atoms with Crippen molar-refractivity contribution in [1.29, 1.82) is 0 Å². The van der Waals surface area contributed by atoms with Gasteiger partial charge in [0.15, 0.2) is 0 Å². The fraction of sp³-hybridized carbons (Fsp3) is 0.400. The Morgan fingerprint density at radius 1 is 1.11 bits per heavy atom. The molecule has 0 bridgehead atoms. The number of nitrogens with zero attached hydrogens (tertiary/aromatic N) is 2. The Kier molecular flexibility index (Phi) is 9.08. The van der Waals surface area contributed by atoms with Crippen molar-refractivity contribution in [2.75, 3.05) is 33.9 Å².